The van der Waals surface area contributed by atoms with Gasteiger partial charge in [-0.2, -0.15) is 0 Å². The van der Waals surface area contributed by atoms with Gasteiger partial charge in [0.05, 0.1) is 0 Å². The van der Waals surface area contributed by atoms with Crippen LogP contribution in [0.3, 0.4) is 0 Å². The summed E-state index contributed by atoms with van der Waals surface area (Å²) >= 11 is 0. The van der Waals surface area contributed by atoms with Crippen molar-refractivity contribution in [1.82, 2.24) is 5.32 Å². The lowest BCUT2D eigenvalue weighted by Crippen LogP contribution is -2.33. The summed E-state index contributed by atoms with van der Waals surface area (Å²) in [6.07, 6.45) is -0.920. The van der Waals surface area contributed by atoms with Gasteiger partial charge in [0.1, 0.15) is 23.9 Å². The van der Waals surface area contributed by atoms with Gasteiger partial charge in [0.25, 0.3) is 5.91 Å². The normalized spacial score (nSPS) is 11.6. The molecular formula is C16H16FNO5. The molecule has 0 aliphatic heterocycles. The molecule has 2 rings (SSSR count). The van der Waals surface area contributed by atoms with E-state index in [9.17, 15) is 14.0 Å². The summed E-state index contributed by atoms with van der Waals surface area (Å²) in [5, 5.41) is 2.38. The van der Waals surface area contributed by atoms with Crippen LogP contribution in [0.4, 0.5) is 4.39 Å². The van der Waals surface area contributed by atoms with Crippen LogP contribution in [0.1, 0.15) is 23.2 Å². The van der Waals surface area contributed by atoms with Crippen molar-refractivity contribution in [3.63, 3.8) is 0 Å². The number of nitrogens with one attached hydrogen (secondary N) is 1. The average Bonchev–Trinajstić information content (AvgIpc) is 3.02. The summed E-state index contributed by atoms with van der Waals surface area (Å²) < 4.78 is 28.4. The second kappa shape index (κ2) is 7.44. The number of likely N-dealkylation sites (N-methyl/N-ethyl adjacent to an activating group) is 1. The van der Waals surface area contributed by atoms with Gasteiger partial charge in [-0.15, -0.1) is 0 Å². The maximum Gasteiger partial charge on any atom is 0.375 e. The highest BCUT2D eigenvalue weighted by atomic mass is 19.1. The first kappa shape index (κ1) is 16.5. The third-order valence-electron chi connectivity index (χ3n) is 2.96. The van der Waals surface area contributed by atoms with E-state index >= 15 is 0 Å². The van der Waals surface area contributed by atoms with Crippen LogP contribution in [0.5, 0.6) is 5.75 Å². The summed E-state index contributed by atoms with van der Waals surface area (Å²) in [6, 6.07) is 8.52. The molecule has 2 aromatic rings. The number of halogens is 1. The van der Waals surface area contributed by atoms with Crippen LogP contribution in [-0.2, 0) is 16.1 Å². The van der Waals surface area contributed by atoms with E-state index in [1.807, 2.05) is 0 Å². The van der Waals surface area contributed by atoms with E-state index in [0.29, 0.717) is 11.5 Å². The van der Waals surface area contributed by atoms with Crippen LogP contribution in [-0.4, -0.2) is 25.0 Å². The molecule has 1 atom stereocenters. The lowest BCUT2D eigenvalue weighted by molar-refractivity contribution is -0.128. The second-order valence-electron chi connectivity index (χ2n) is 4.67. The van der Waals surface area contributed by atoms with E-state index < -0.39 is 18.0 Å². The van der Waals surface area contributed by atoms with E-state index in [0.717, 1.165) is 0 Å². The largest absolute Gasteiger partial charge is 0.486 e. The van der Waals surface area contributed by atoms with Crippen LogP contribution >= 0.6 is 0 Å². The Morgan fingerprint density at radius 2 is 1.91 bits per heavy atom. The number of carbonyl (C=O) groups excluding carboxylic acids is 2. The fourth-order valence-corrected chi connectivity index (χ4v) is 1.73. The molecule has 23 heavy (non-hydrogen) atoms. The Morgan fingerprint density at radius 1 is 1.22 bits per heavy atom. The van der Waals surface area contributed by atoms with E-state index in [2.05, 4.69) is 5.32 Å². The number of ether oxygens (including phenoxy) is 2. The van der Waals surface area contributed by atoms with E-state index in [1.54, 1.807) is 6.07 Å². The molecule has 1 amide bonds. The predicted molar refractivity (Wildman–Crippen MR) is 78.4 cm³/mol. The number of furan rings is 1. The number of amides is 1. The van der Waals surface area contributed by atoms with Crippen LogP contribution in [0.25, 0.3) is 0 Å². The Morgan fingerprint density at radius 3 is 2.57 bits per heavy atom. The Labute approximate surface area is 132 Å². The second-order valence-corrected chi connectivity index (χ2v) is 4.67. The third kappa shape index (κ3) is 4.57. The first-order chi connectivity index (χ1) is 11.0. The Hall–Kier alpha value is -2.83. The zero-order chi connectivity index (χ0) is 16.8. The highest BCUT2D eigenvalue weighted by molar-refractivity contribution is 5.89. The Bertz CT molecular complexity index is 680. The molecule has 0 fully saturated rings. The molecule has 0 radical (unpaired) electrons. The minimum atomic E-state index is -0.920. The van der Waals surface area contributed by atoms with Crippen molar-refractivity contribution < 1.29 is 27.9 Å². The van der Waals surface area contributed by atoms with Crippen molar-refractivity contribution in [2.24, 2.45) is 0 Å². The lowest BCUT2D eigenvalue weighted by atomic mass is 10.3. The van der Waals surface area contributed by atoms with Crippen molar-refractivity contribution >= 4 is 11.9 Å². The fourth-order valence-electron chi connectivity index (χ4n) is 1.73. The fraction of sp³-hybridized carbons (Fsp3) is 0.250. The van der Waals surface area contributed by atoms with Gasteiger partial charge < -0.3 is 19.2 Å². The summed E-state index contributed by atoms with van der Waals surface area (Å²) in [5.74, 6) is -0.669. The summed E-state index contributed by atoms with van der Waals surface area (Å²) in [4.78, 5) is 23.1. The molecule has 1 aromatic heterocycles. The third-order valence-corrected chi connectivity index (χ3v) is 2.96. The standard InChI is InChI=1S/C16H16FNO5/c1-10(15(19)18-2)22-16(20)14-8-7-13(23-14)9-21-12-5-3-11(17)4-6-12/h3-8,10H,9H2,1-2H3,(H,18,19)/t10-/m1/s1. The molecule has 1 heterocycles. The molecule has 0 unspecified atom stereocenters. The van der Waals surface area contributed by atoms with Crippen LogP contribution in [0.2, 0.25) is 0 Å². The number of benzene rings is 1. The first-order valence-corrected chi connectivity index (χ1v) is 6.89. The summed E-state index contributed by atoms with van der Waals surface area (Å²) in [5.41, 5.74) is 0. The van der Waals surface area contributed by atoms with Gasteiger partial charge in [0, 0.05) is 7.05 Å². The maximum absolute atomic E-state index is 12.8. The Balaban J connectivity index is 1.91. The van der Waals surface area contributed by atoms with Gasteiger partial charge in [-0.25, -0.2) is 9.18 Å². The number of carbonyl (C=O) groups is 2. The van der Waals surface area contributed by atoms with Crippen molar-refractivity contribution in [2.45, 2.75) is 19.6 Å². The molecule has 0 spiro atoms. The van der Waals surface area contributed by atoms with Gasteiger partial charge in [0.15, 0.2) is 6.10 Å². The van der Waals surface area contributed by atoms with E-state index in [4.69, 9.17) is 13.9 Å². The topological polar surface area (TPSA) is 77.8 Å². The molecule has 0 aliphatic carbocycles. The molecular weight excluding hydrogens is 305 g/mol. The number of rotatable bonds is 6. The van der Waals surface area contributed by atoms with Crippen LogP contribution in [0, 0.1) is 5.82 Å². The minimum Gasteiger partial charge on any atom is -0.486 e. The predicted octanol–water partition coefficient (Wildman–Crippen LogP) is 2.29. The molecule has 0 saturated heterocycles. The Kier molecular flexibility index (Phi) is 5.35. The zero-order valence-corrected chi connectivity index (χ0v) is 12.7. The van der Waals surface area contributed by atoms with Crippen LogP contribution in [0.15, 0.2) is 40.8 Å². The maximum atomic E-state index is 12.8. The van der Waals surface area contributed by atoms with Crippen molar-refractivity contribution in [3.05, 3.63) is 53.7 Å². The highest BCUT2D eigenvalue weighted by Gasteiger charge is 2.20. The quantitative estimate of drug-likeness (QED) is 0.826. The van der Waals surface area contributed by atoms with Crippen LogP contribution < -0.4 is 10.1 Å². The monoisotopic (exact) mass is 321 g/mol. The number of hydrogen-bond donors (Lipinski definition) is 1. The molecule has 1 N–H and O–H groups in total. The van der Waals surface area contributed by atoms with Gasteiger partial charge in [-0.3, -0.25) is 4.79 Å². The minimum absolute atomic E-state index is 0.0292. The molecule has 1 aromatic carbocycles. The molecule has 0 bridgehead atoms. The molecule has 6 nitrogen and oxygen atoms in total. The molecule has 122 valence electrons. The smallest absolute Gasteiger partial charge is 0.375 e. The van der Waals surface area contributed by atoms with Crippen molar-refractivity contribution in [3.8, 4) is 5.75 Å². The average molecular weight is 321 g/mol. The number of esters is 1. The van der Waals surface area contributed by atoms with Gasteiger partial charge >= 0.3 is 5.97 Å². The molecule has 7 heteroatoms. The highest BCUT2D eigenvalue weighted by Crippen LogP contribution is 2.16. The van der Waals surface area contributed by atoms with Gasteiger partial charge in [0.2, 0.25) is 5.76 Å². The summed E-state index contributed by atoms with van der Waals surface area (Å²) in [7, 11) is 1.45. The van der Waals surface area contributed by atoms with Crippen molar-refractivity contribution in [1.29, 1.82) is 0 Å². The van der Waals surface area contributed by atoms with E-state index in [-0.39, 0.29) is 18.2 Å². The molecule has 0 saturated carbocycles. The molecule has 0 aliphatic rings. The van der Waals surface area contributed by atoms with E-state index in [1.165, 1.54) is 44.3 Å². The summed E-state index contributed by atoms with van der Waals surface area (Å²) in [6.45, 7) is 1.53. The number of hydrogen-bond acceptors (Lipinski definition) is 5. The zero-order valence-electron chi connectivity index (χ0n) is 12.7. The first-order valence-electron chi connectivity index (χ1n) is 6.89. The SMILES string of the molecule is CNC(=O)[C@@H](C)OC(=O)c1ccc(COc2ccc(F)cc2)o1. The van der Waals surface area contributed by atoms with Gasteiger partial charge in [-0.1, -0.05) is 0 Å². The lowest BCUT2D eigenvalue weighted by Gasteiger charge is -2.10. The van der Waals surface area contributed by atoms with Gasteiger partial charge in [-0.05, 0) is 43.3 Å². The van der Waals surface area contributed by atoms with Crippen molar-refractivity contribution in [2.75, 3.05) is 7.05 Å².